The lowest BCUT2D eigenvalue weighted by atomic mass is 10.1. The first-order valence-electron chi connectivity index (χ1n) is 5.69. The highest BCUT2D eigenvalue weighted by Gasteiger charge is 2.06. The van der Waals surface area contributed by atoms with E-state index in [2.05, 4.69) is 4.99 Å². The Balaban J connectivity index is 2.19. The van der Waals surface area contributed by atoms with Crippen LogP contribution in [0.25, 0.3) is 0 Å². The SMILES string of the molecule is NS(=O)(=O)c1ccc(N=CC2=C(Cl)CCC=C2)cc1. The van der Waals surface area contributed by atoms with Gasteiger partial charge in [0.05, 0.1) is 10.6 Å². The zero-order valence-electron chi connectivity index (χ0n) is 10.1. The van der Waals surface area contributed by atoms with Crippen molar-refractivity contribution in [2.45, 2.75) is 17.7 Å². The van der Waals surface area contributed by atoms with Crippen LogP contribution in [-0.2, 0) is 10.0 Å². The van der Waals surface area contributed by atoms with Crippen molar-refractivity contribution < 1.29 is 8.42 Å². The average molecular weight is 297 g/mol. The summed E-state index contributed by atoms with van der Waals surface area (Å²) in [6.07, 6.45) is 7.40. The molecule has 2 rings (SSSR count). The molecule has 1 aliphatic carbocycles. The van der Waals surface area contributed by atoms with E-state index in [0.717, 1.165) is 23.4 Å². The predicted molar refractivity (Wildman–Crippen MR) is 77.2 cm³/mol. The van der Waals surface area contributed by atoms with Crippen molar-refractivity contribution in [1.82, 2.24) is 0 Å². The van der Waals surface area contributed by atoms with Crippen LogP contribution in [0.5, 0.6) is 0 Å². The molecule has 0 heterocycles. The summed E-state index contributed by atoms with van der Waals surface area (Å²) in [4.78, 5) is 4.32. The zero-order valence-corrected chi connectivity index (χ0v) is 11.7. The molecule has 4 nitrogen and oxygen atoms in total. The van der Waals surface area contributed by atoms with Gasteiger partial charge in [0.1, 0.15) is 0 Å². The lowest BCUT2D eigenvalue weighted by molar-refractivity contribution is 0.598. The molecule has 0 aromatic heterocycles. The van der Waals surface area contributed by atoms with Crippen LogP contribution in [0, 0.1) is 0 Å². The Morgan fingerprint density at radius 3 is 2.53 bits per heavy atom. The van der Waals surface area contributed by atoms with E-state index in [-0.39, 0.29) is 4.90 Å². The Labute approximate surface area is 117 Å². The van der Waals surface area contributed by atoms with Gasteiger partial charge < -0.3 is 0 Å². The lowest BCUT2D eigenvalue weighted by Crippen LogP contribution is -2.11. The van der Waals surface area contributed by atoms with Crippen molar-refractivity contribution in [3.05, 3.63) is 47.0 Å². The van der Waals surface area contributed by atoms with E-state index in [4.69, 9.17) is 16.7 Å². The van der Waals surface area contributed by atoms with Crippen molar-refractivity contribution in [2.24, 2.45) is 10.1 Å². The maximum atomic E-state index is 11.1. The first-order chi connectivity index (χ1) is 8.97. The Morgan fingerprint density at radius 2 is 1.95 bits per heavy atom. The van der Waals surface area contributed by atoms with E-state index in [0.29, 0.717) is 5.69 Å². The van der Waals surface area contributed by atoms with Crippen LogP contribution >= 0.6 is 11.6 Å². The molecular formula is C13H13ClN2O2S. The number of sulfonamides is 1. The third kappa shape index (κ3) is 3.76. The molecule has 1 aromatic carbocycles. The highest BCUT2D eigenvalue weighted by molar-refractivity contribution is 7.89. The number of hydrogen-bond donors (Lipinski definition) is 1. The second-order valence-electron chi connectivity index (χ2n) is 4.10. The molecule has 0 saturated carbocycles. The molecule has 6 heteroatoms. The van der Waals surface area contributed by atoms with Gasteiger partial charge in [0.15, 0.2) is 0 Å². The summed E-state index contributed by atoms with van der Waals surface area (Å²) in [5, 5.41) is 5.80. The standard InChI is InChI=1S/C13H13ClN2O2S/c14-13-4-2-1-3-10(13)9-16-11-5-7-12(8-6-11)19(15,17)18/h1,3,5-9H,2,4H2,(H2,15,17,18). The van der Waals surface area contributed by atoms with Crippen LogP contribution in [0.15, 0.2) is 56.9 Å². The van der Waals surface area contributed by atoms with E-state index in [1.807, 2.05) is 12.2 Å². The molecule has 0 atom stereocenters. The smallest absolute Gasteiger partial charge is 0.238 e. The molecule has 19 heavy (non-hydrogen) atoms. The first kappa shape index (κ1) is 14.0. The molecule has 2 N–H and O–H groups in total. The summed E-state index contributed by atoms with van der Waals surface area (Å²) in [6.45, 7) is 0. The van der Waals surface area contributed by atoms with Crippen molar-refractivity contribution in [2.75, 3.05) is 0 Å². The van der Waals surface area contributed by atoms with E-state index in [1.165, 1.54) is 12.1 Å². The summed E-state index contributed by atoms with van der Waals surface area (Å²) >= 11 is 6.08. The molecule has 0 bridgehead atoms. The van der Waals surface area contributed by atoms with Gasteiger partial charge in [-0.1, -0.05) is 23.8 Å². The fourth-order valence-corrected chi connectivity index (χ4v) is 2.37. The summed E-state index contributed by atoms with van der Waals surface area (Å²) in [5.41, 5.74) is 1.52. The number of halogens is 1. The summed E-state index contributed by atoms with van der Waals surface area (Å²) in [5.74, 6) is 0. The second kappa shape index (κ2) is 5.69. The molecule has 0 fully saturated rings. The number of hydrogen-bond acceptors (Lipinski definition) is 3. The monoisotopic (exact) mass is 296 g/mol. The van der Waals surface area contributed by atoms with Crippen LogP contribution in [0.4, 0.5) is 5.69 Å². The third-order valence-corrected chi connectivity index (χ3v) is 4.00. The normalized spacial score (nSPS) is 16.3. The Morgan fingerprint density at radius 1 is 1.26 bits per heavy atom. The van der Waals surface area contributed by atoms with Gasteiger partial charge in [-0.15, -0.1) is 0 Å². The summed E-state index contributed by atoms with van der Waals surface area (Å²) in [6, 6.07) is 6.04. The Bertz CT molecular complexity index is 658. The minimum absolute atomic E-state index is 0.0706. The highest BCUT2D eigenvalue weighted by Crippen LogP contribution is 2.22. The molecule has 0 aliphatic heterocycles. The maximum Gasteiger partial charge on any atom is 0.238 e. The van der Waals surface area contributed by atoms with Crippen LogP contribution in [0.1, 0.15) is 12.8 Å². The van der Waals surface area contributed by atoms with Crippen molar-refractivity contribution in [1.29, 1.82) is 0 Å². The van der Waals surface area contributed by atoms with Crippen LogP contribution < -0.4 is 5.14 Å². The quantitative estimate of drug-likeness (QED) is 0.871. The Kier molecular flexibility index (Phi) is 4.19. The molecule has 1 aromatic rings. The number of allylic oxidation sites excluding steroid dienone is 4. The van der Waals surface area contributed by atoms with Gasteiger partial charge in [-0.3, -0.25) is 4.99 Å². The van der Waals surface area contributed by atoms with Crippen molar-refractivity contribution >= 4 is 33.5 Å². The topological polar surface area (TPSA) is 72.5 Å². The average Bonchev–Trinajstić information content (AvgIpc) is 2.37. The van der Waals surface area contributed by atoms with Gasteiger partial charge >= 0.3 is 0 Å². The van der Waals surface area contributed by atoms with Crippen LogP contribution in [0.3, 0.4) is 0 Å². The lowest BCUT2D eigenvalue weighted by Gasteiger charge is -2.05. The van der Waals surface area contributed by atoms with E-state index >= 15 is 0 Å². The van der Waals surface area contributed by atoms with Crippen molar-refractivity contribution in [3.63, 3.8) is 0 Å². The number of benzene rings is 1. The maximum absolute atomic E-state index is 11.1. The van der Waals surface area contributed by atoms with Gasteiger partial charge in [-0.25, -0.2) is 13.6 Å². The number of primary sulfonamides is 1. The molecule has 0 unspecified atom stereocenters. The van der Waals surface area contributed by atoms with Crippen LogP contribution in [0.2, 0.25) is 0 Å². The van der Waals surface area contributed by atoms with Crippen molar-refractivity contribution in [3.8, 4) is 0 Å². The number of nitrogens with two attached hydrogens (primary N) is 1. The molecule has 0 radical (unpaired) electrons. The minimum Gasteiger partial charge on any atom is -0.256 e. The van der Waals surface area contributed by atoms with E-state index < -0.39 is 10.0 Å². The molecule has 0 amide bonds. The highest BCUT2D eigenvalue weighted by atomic mass is 35.5. The minimum atomic E-state index is -3.66. The van der Waals surface area contributed by atoms with Gasteiger partial charge in [0, 0.05) is 16.8 Å². The molecule has 0 spiro atoms. The molecule has 1 aliphatic rings. The molecule has 100 valence electrons. The first-order valence-corrected chi connectivity index (χ1v) is 7.61. The fraction of sp³-hybridized carbons (Fsp3) is 0.154. The number of nitrogens with zero attached hydrogens (tertiary/aromatic N) is 1. The van der Waals surface area contributed by atoms with E-state index in [9.17, 15) is 8.42 Å². The van der Waals surface area contributed by atoms with Gasteiger partial charge in [0.25, 0.3) is 0 Å². The Hall–Kier alpha value is -1.43. The second-order valence-corrected chi connectivity index (χ2v) is 6.12. The predicted octanol–water partition coefficient (Wildman–Crippen LogP) is 2.88. The summed E-state index contributed by atoms with van der Waals surface area (Å²) in [7, 11) is -3.66. The van der Waals surface area contributed by atoms with E-state index in [1.54, 1.807) is 18.3 Å². The number of aliphatic imine (C=N–C) groups is 1. The molecule has 0 saturated heterocycles. The number of rotatable bonds is 3. The summed E-state index contributed by atoms with van der Waals surface area (Å²) < 4.78 is 22.2. The van der Waals surface area contributed by atoms with Gasteiger partial charge in [-0.05, 0) is 37.1 Å². The van der Waals surface area contributed by atoms with Gasteiger partial charge in [-0.2, -0.15) is 0 Å². The fourth-order valence-electron chi connectivity index (χ4n) is 1.63. The third-order valence-electron chi connectivity index (χ3n) is 2.66. The largest absolute Gasteiger partial charge is 0.256 e. The van der Waals surface area contributed by atoms with Crippen LogP contribution in [-0.4, -0.2) is 14.6 Å². The molecular weight excluding hydrogens is 284 g/mol. The zero-order chi connectivity index (χ0) is 13.9. The van der Waals surface area contributed by atoms with Gasteiger partial charge in [0.2, 0.25) is 10.0 Å².